The molecule has 0 unspecified atom stereocenters. The molecule has 0 bridgehead atoms. The number of hydrogen-bond donors (Lipinski definition) is 1. The number of non-ortho nitro benzene ring substituents is 1. The Morgan fingerprint density at radius 3 is 2.95 bits per heavy atom. The Hall–Kier alpha value is -2.96. The van der Waals surface area contributed by atoms with Crippen LogP contribution >= 0.6 is 0 Å². The second kappa shape index (κ2) is 5.20. The van der Waals surface area contributed by atoms with E-state index in [9.17, 15) is 10.1 Å². The maximum atomic E-state index is 10.9. The predicted molar refractivity (Wildman–Crippen MR) is 79.3 cm³/mol. The van der Waals surface area contributed by atoms with Gasteiger partial charge in [-0.2, -0.15) is 5.10 Å². The van der Waals surface area contributed by atoms with Gasteiger partial charge in [0.1, 0.15) is 5.82 Å². The smallest absolute Gasteiger partial charge is 0.271 e. The summed E-state index contributed by atoms with van der Waals surface area (Å²) in [6.45, 7) is 0.459. The molecule has 1 N–H and O–H groups in total. The fourth-order valence-electron chi connectivity index (χ4n) is 2.16. The summed E-state index contributed by atoms with van der Waals surface area (Å²) in [7, 11) is 1.80. The minimum atomic E-state index is -0.406. The van der Waals surface area contributed by atoms with Gasteiger partial charge in [0, 0.05) is 24.6 Å². The first-order valence-corrected chi connectivity index (χ1v) is 6.41. The monoisotopic (exact) mass is 283 g/mol. The lowest BCUT2D eigenvalue weighted by Crippen LogP contribution is -2.04. The van der Waals surface area contributed by atoms with Crippen LogP contribution in [0, 0.1) is 10.1 Å². The van der Waals surface area contributed by atoms with Gasteiger partial charge in [-0.05, 0) is 18.2 Å². The molecule has 7 nitrogen and oxygen atoms in total. The van der Waals surface area contributed by atoms with E-state index in [0.717, 1.165) is 22.4 Å². The van der Waals surface area contributed by atoms with Gasteiger partial charge in [0.2, 0.25) is 0 Å². The number of nitrogens with zero attached hydrogens (tertiary/aromatic N) is 4. The molecular formula is C14H13N5O2. The zero-order chi connectivity index (χ0) is 14.8. The molecule has 0 saturated carbocycles. The number of hydrogen-bond acceptors (Lipinski definition) is 5. The van der Waals surface area contributed by atoms with Crippen molar-refractivity contribution in [1.29, 1.82) is 0 Å². The van der Waals surface area contributed by atoms with Gasteiger partial charge in [-0.3, -0.25) is 14.8 Å². The van der Waals surface area contributed by atoms with Crippen LogP contribution in [-0.2, 0) is 6.54 Å². The highest BCUT2D eigenvalue weighted by atomic mass is 16.6. The topological polar surface area (TPSA) is 85.9 Å². The molecule has 7 heteroatoms. The van der Waals surface area contributed by atoms with Gasteiger partial charge in [-0.15, -0.1) is 0 Å². The molecule has 0 radical (unpaired) electrons. The molecule has 106 valence electrons. The van der Waals surface area contributed by atoms with Crippen molar-refractivity contribution in [2.45, 2.75) is 6.54 Å². The Morgan fingerprint density at radius 1 is 1.33 bits per heavy atom. The number of fused-ring (bicyclic) bond motifs is 1. The van der Waals surface area contributed by atoms with Crippen molar-refractivity contribution in [3.05, 3.63) is 58.4 Å². The summed E-state index contributed by atoms with van der Waals surface area (Å²) in [5.74, 6) is 0.773. The summed E-state index contributed by atoms with van der Waals surface area (Å²) in [5.41, 5.74) is 1.61. The van der Waals surface area contributed by atoms with Crippen molar-refractivity contribution in [2.75, 3.05) is 12.4 Å². The normalized spacial score (nSPS) is 10.7. The maximum absolute atomic E-state index is 10.9. The van der Waals surface area contributed by atoms with E-state index in [1.165, 1.54) is 12.1 Å². The van der Waals surface area contributed by atoms with Gasteiger partial charge >= 0.3 is 0 Å². The van der Waals surface area contributed by atoms with Crippen LogP contribution in [0.4, 0.5) is 11.5 Å². The lowest BCUT2D eigenvalue weighted by atomic mass is 10.2. The van der Waals surface area contributed by atoms with Crippen molar-refractivity contribution in [1.82, 2.24) is 14.8 Å². The molecular weight excluding hydrogens is 270 g/mol. The lowest BCUT2D eigenvalue weighted by Gasteiger charge is -2.05. The summed E-state index contributed by atoms with van der Waals surface area (Å²) >= 11 is 0. The number of aromatic nitrogens is 3. The van der Waals surface area contributed by atoms with Gasteiger partial charge in [-0.1, -0.05) is 6.07 Å². The molecule has 3 rings (SSSR count). The fourth-order valence-corrected chi connectivity index (χ4v) is 2.16. The number of nitro benzene ring substituents is 1. The highest BCUT2D eigenvalue weighted by molar-refractivity contribution is 5.81. The van der Waals surface area contributed by atoms with Crippen LogP contribution in [-0.4, -0.2) is 26.7 Å². The van der Waals surface area contributed by atoms with E-state index in [2.05, 4.69) is 15.4 Å². The summed E-state index contributed by atoms with van der Waals surface area (Å²) < 4.78 is 1.71. The largest absolute Gasteiger partial charge is 0.373 e. The van der Waals surface area contributed by atoms with Gasteiger partial charge in [0.15, 0.2) is 0 Å². The molecule has 0 aliphatic rings. The van der Waals surface area contributed by atoms with Crippen LogP contribution < -0.4 is 5.32 Å². The van der Waals surface area contributed by atoms with Gasteiger partial charge < -0.3 is 5.32 Å². The molecule has 1 aromatic carbocycles. The summed E-state index contributed by atoms with van der Waals surface area (Å²) in [6.07, 6.45) is 1.70. The molecule has 0 aliphatic carbocycles. The molecule has 0 aliphatic heterocycles. The fraction of sp³-hybridized carbons (Fsp3) is 0.143. The molecule has 0 spiro atoms. The highest BCUT2D eigenvalue weighted by Gasteiger charge is 2.10. The zero-order valence-corrected chi connectivity index (χ0v) is 11.4. The summed E-state index contributed by atoms with van der Waals surface area (Å²) in [6, 6.07) is 10.4. The van der Waals surface area contributed by atoms with Crippen molar-refractivity contribution >= 4 is 22.4 Å². The van der Waals surface area contributed by atoms with Crippen LogP contribution in [0.3, 0.4) is 0 Å². The molecule has 2 heterocycles. The standard InChI is InChI=1S/C14H13N5O2/c1-15-14-4-2-3-11(17-14)9-18-13-7-12(19(20)21)6-5-10(13)8-16-18/h2-8H,9H2,1H3,(H,15,17). The van der Waals surface area contributed by atoms with Crippen molar-refractivity contribution in [3.8, 4) is 0 Å². The quantitative estimate of drug-likeness (QED) is 0.587. The first-order chi connectivity index (χ1) is 10.2. The third kappa shape index (κ3) is 2.53. The molecule has 3 aromatic rings. The second-order valence-electron chi connectivity index (χ2n) is 4.57. The average Bonchev–Trinajstić information content (AvgIpc) is 2.90. The van der Waals surface area contributed by atoms with E-state index in [-0.39, 0.29) is 5.69 Å². The Balaban J connectivity index is 1.99. The third-order valence-corrected chi connectivity index (χ3v) is 3.21. The molecule has 2 aromatic heterocycles. The number of rotatable bonds is 4. The maximum Gasteiger partial charge on any atom is 0.271 e. The summed E-state index contributed by atoms with van der Waals surface area (Å²) in [4.78, 5) is 14.9. The Morgan fingerprint density at radius 2 is 2.19 bits per heavy atom. The molecule has 0 fully saturated rings. The average molecular weight is 283 g/mol. The first-order valence-electron chi connectivity index (χ1n) is 6.41. The van der Waals surface area contributed by atoms with E-state index < -0.39 is 4.92 Å². The van der Waals surface area contributed by atoms with Gasteiger partial charge in [0.05, 0.1) is 28.9 Å². The Labute approximate surface area is 120 Å². The number of nitrogens with one attached hydrogen (secondary N) is 1. The highest BCUT2D eigenvalue weighted by Crippen LogP contribution is 2.21. The van der Waals surface area contributed by atoms with Crippen molar-refractivity contribution < 1.29 is 4.92 Å². The minimum Gasteiger partial charge on any atom is -0.373 e. The van der Waals surface area contributed by atoms with Crippen LogP contribution in [0.15, 0.2) is 42.6 Å². The first kappa shape index (κ1) is 13.0. The van der Waals surface area contributed by atoms with Crippen LogP contribution in [0.25, 0.3) is 10.9 Å². The third-order valence-electron chi connectivity index (χ3n) is 3.21. The van der Waals surface area contributed by atoms with Crippen LogP contribution in [0.2, 0.25) is 0 Å². The van der Waals surface area contributed by atoms with E-state index >= 15 is 0 Å². The molecule has 0 amide bonds. The van der Waals surface area contributed by atoms with E-state index in [1.54, 1.807) is 24.0 Å². The Kier molecular flexibility index (Phi) is 3.23. The lowest BCUT2D eigenvalue weighted by molar-refractivity contribution is -0.384. The van der Waals surface area contributed by atoms with Crippen LogP contribution in [0.1, 0.15) is 5.69 Å². The Bertz CT molecular complexity index is 812. The van der Waals surface area contributed by atoms with Crippen molar-refractivity contribution in [3.63, 3.8) is 0 Å². The number of nitro groups is 1. The molecule has 0 atom stereocenters. The van der Waals surface area contributed by atoms with E-state index in [4.69, 9.17) is 0 Å². The second-order valence-corrected chi connectivity index (χ2v) is 4.57. The van der Waals surface area contributed by atoms with E-state index in [1.807, 2.05) is 18.2 Å². The van der Waals surface area contributed by atoms with Gasteiger partial charge in [-0.25, -0.2) is 4.98 Å². The number of benzene rings is 1. The van der Waals surface area contributed by atoms with Crippen LogP contribution in [0.5, 0.6) is 0 Å². The van der Waals surface area contributed by atoms with E-state index in [0.29, 0.717) is 6.54 Å². The van der Waals surface area contributed by atoms with Gasteiger partial charge in [0.25, 0.3) is 5.69 Å². The number of anilines is 1. The van der Waals surface area contributed by atoms with Crippen molar-refractivity contribution in [2.24, 2.45) is 0 Å². The number of pyridine rings is 1. The molecule has 21 heavy (non-hydrogen) atoms. The minimum absolute atomic E-state index is 0.0567. The predicted octanol–water partition coefficient (Wildman–Crippen LogP) is 2.43. The SMILES string of the molecule is CNc1cccc(Cn2ncc3ccc([N+](=O)[O-])cc32)n1. The zero-order valence-electron chi connectivity index (χ0n) is 11.4. The molecule has 0 saturated heterocycles. The summed E-state index contributed by atoms with van der Waals surface area (Å²) in [5, 5.41) is 19.0.